The highest BCUT2D eigenvalue weighted by atomic mass is 16.6. The maximum atomic E-state index is 8.86. The van der Waals surface area contributed by atoms with Gasteiger partial charge in [0.2, 0.25) is 0 Å². The average Bonchev–Trinajstić information content (AvgIpc) is 1.82. The quantitative estimate of drug-likeness (QED) is 0.442. The van der Waals surface area contributed by atoms with Crippen LogP contribution in [0.15, 0.2) is 12.2 Å². The standard InChI is InChI=1S/C7H14O3/c1-5(2)4-10-7(9)6(3)8/h6-9H,1,4H2,2-3H3. The van der Waals surface area contributed by atoms with Crippen molar-refractivity contribution in [3.63, 3.8) is 0 Å². The lowest BCUT2D eigenvalue weighted by Gasteiger charge is -2.13. The molecule has 0 saturated carbocycles. The van der Waals surface area contributed by atoms with Gasteiger partial charge < -0.3 is 14.9 Å². The Morgan fingerprint density at radius 1 is 1.60 bits per heavy atom. The lowest BCUT2D eigenvalue weighted by Crippen LogP contribution is -2.26. The lowest BCUT2D eigenvalue weighted by molar-refractivity contribution is -0.150. The third kappa shape index (κ3) is 4.49. The number of rotatable bonds is 4. The second-order valence-electron chi connectivity index (χ2n) is 2.40. The number of hydrogen-bond acceptors (Lipinski definition) is 3. The molecule has 60 valence electrons. The van der Waals surface area contributed by atoms with E-state index in [0.29, 0.717) is 0 Å². The molecule has 0 spiro atoms. The van der Waals surface area contributed by atoms with Crippen LogP contribution in [0.4, 0.5) is 0 Å². The van der Waals surface area contributed by atoms with E-state index in [0.717, 1.165) is 5.57 Å². The molecule has 10 heavy (non-hydrogen) atoms. The Balaban J connectivity index is 3.39. The van der Waals surface area contributed by atoms with Crippen LogP contribution in [0.25, 0.3) is 0 Å². The summed E-state index contributed by atoms with van der Waals surface area (Å²) >= 11 is 0. The van der Waals surface area contributed by atoms with Gasteiger partial charge in [0.25, 0.3) is 0 Å². The van der Waals surface area contributed by atoms with Gasteiger partial charge in [0, 0.05) is 0 Å². The van der Waals surface area contributed by atoms with E-state index >= 15 is 0 Å². The Morgan fingerprint density at radius 2 is 2.10 bits per heavy atom. The van der Waals surface area contributed by atoms with Crippen molar-refractivity contribution in [1.82, 2.24) is 0 Å². The van der Waals surface area contributed by atoms with E-state index in [2.05, 4.69) is 6.58 Å². The van der Waals surface area contributed by atoms with Gasteiger partial charge in [0.1, 0.15) is 6.10 Å². The van der Waals surface area contributed by atoms with Gasteiger partial charge in [0.05, 0.1) is 6.61 Å². The first-order chi connectivity index (χ1) is 4.54. The molecule has 0 aromatic rings. The number of aliphatic hydroxyl groups excluding tert-OH is 2. The maximum Gasteiger partial charge on any atom is 0.180 e. The molecule has 3 heteroatoms. The van der Waals surface area contributed by atoms with Gasteiger partial charge in [-0.15, -0.1) is 0 Å². The molecule has 2 N–H and O–H groups in total. The van der Waals surface area contributed by atoms with Crippen molar-refractivity contribution in [2.75, 3.05) is 6.61 Å². The molecule has 0 aliphatic carbocycles. The van der Waals surface area contributed by atoms with Gasteiger partial charge in [-0.3, -0.25) is 0 Å². The predicted molar refractivity (Wildman–Crippen MR) is 38.5 cm³/mol. The molecule has 0 bridgehead atoms. The summed E-state index contributed by atoms with van der Waals surface area (Å²) in [5.41, 5.74) is 0.819. The second kappa shape index (κ2) is 4.44. The number of hydrogen-bond donors (Lipinski definition) is 2. The second-order valence-corrected chi connectivity index (χ2v) is 2.40. The first kappa shape index (κ1) is 9.62. The van der Waals surface area contributed by atoms with Crippen molar-refractivity contribution in [1.29, 1.82) is 0 Å². The summed E-state index contributed by atoms with van der Waals surface area (Å²) in [6.07, 6.45) is -1.95. The molecule has 0 aliphatic rings. The maximum absolute atomic E-state index is 8.86. The van der Waals surface area contributed by atoms with E-state index in [1.54, 1.807) is 6.92 Å². The first-order valence-electron chi connectivity index (χ1n) is 3.16. The van der Waals surface area contributed by atoms with Crippen molar-refractivity contribution in [3.05, 3.63) is 12.2 Å². The van der Waals surface area contributed by atoms with E-state index in [9.17, 15) is 0 Å². The molecule has 0 rings (SSSR count). The number of aliphatic hydroxyl groups is 2. The van der Waals surface area contributed by atoms with Crippen molar-refractivity contribution in [2.24, 2.45) is 0 Å². The molecule has 0 heterocycles. The minimum Gasteiger partial charge on any atom is -0.388 e. The Bertz CT molecular complexity index is 109. The zero-order valence-corrected chi connectivity index (χ0v) is 6.37. The lowest BCUT2D eigenvalue weighted by atomic mass is 10.3. The minimum atomic E-state index is -1.10. The average molecular weight is 146 g/mol. The number of ether oxygens (including phenoxy) is 1. The molecule has 0 fully saturated rings. The molecule has 0 aliphatic heterocycles. The fourth-order valence-corrected chi connectivity index (χ4v) is 0.367. The Morgan fingerprint density at radius 3 is 2.40 bits per heavy atom. The summed E-state index contributed by atoms with van der Waals surface area (Å²) in [6, 6.07) is 0. The highest BCUT2D eigenvalue weighted by Crippen LogP contribution is 1.97. The molecule has 0 aromatic heterocycles. The third-order valence-electron chi connectivity index (χ3n) is 0.913. The van der Waals surface area contributed by atoms with Crippen LogP contribution >= 0.6 is 0 Å². The van der Waals surface area contributed by atoms with Crippen LogP contribution in [0.5, 0.6) is 0 Å². The van der Waals surface area contributed by atoms with Gasteiger partial charge in [-0.1, -0.05) is 12.2 Å². The summed E-state index contributed by atoms with van der Waals surface area (Å²) < 4.78 is 4.77. The van der Waals surface area contributed by atoms with Crippen molar-refractivity contribution >= 4 is 0 Å². The monoisotopic (exact) mass is 146 g/mol. The van der Waals surface area contributed by atoms with Crippen LogP contribution in [0.1, 0.15) is 13.8 Å². The van der Waals surface area contributed by atoms with Crippen LogP contribution in [0.2, 0.25) is 0 Å². The Hall–Kier alpha value is -0.380. The van der Waals surface area contributed by atoms with Crippen molar-refractivity contribution in [2.45, 2.75) is 26.2 Å². The summed E-state index contributed by atoms with van der Waals surface area (Å²) in [5, 5.41) is 17.6. The molecule has 0 aromatic carbocycles. The SMILES string of the molecule is C=C(C)COC(O)C(C)O. The zero-order valence-electron chi connectivity index (χ0n) is 6.37. The molecule has 3 nitrogen and oxygen atoms in total. The fourth-order valence-electron chi connectivity index (χ4n) is 0.367. The van der Waals surface area contributed by atoms with Gasteiger partial charge >= 0.3 is 0 Å². The van der Waals surface area contributed by atoms with Crippen LogP contribution in [-0.4, -0.2) is 29.2 Å². The molecular weight excluding hydrogens is 132 g/mol. The van der Waals surface area contributed by atoms with Crippen LogP contribution in [0, 0.1) is 0 Å². The topological polar surface area (TPSA) is 49.7 Å². The van der Waals surface area contributed by atoms with Crippen molar-refractivity contribution in [3.8, 4) is 0 Å². The summed E-state index contributed by atoms with van der Waals surface area (Å²) in [5.74, 6) is 0. The molecule has 2 atom stereocenters. The summed E-state index contributed by atoms with van der Waals surface area (Å²) in [4.78, 5) is 0. The van der Waals surface area contributed by atoms with Crippen LogP contribution < -0.4 is 0 Å². The van der Waals surface area contributed by atoms with E-state index in [1.807, 2.05) is 0 Å². The van der Waals surface area contributed by atoms with E-state index in [4.69, 9.17) is 14.9 Å². The van der Waals surface area contributed by atoms with Gasteiger partial charge in [0.15, 0.2) is 6.29 Å². The molecular formula is C7H14O3. The largest absolute Gasteiger partial charge is 0.388 e. The van der Waals surface area contributed by atoms with Crippen LogP contribution in [0.3, 0.4) is 0 Å². The molecule has 0 radical (unpaired) electrons. The molecule has 2 unspecified atom stereocenters. The third-order valence-corrected chi connectivity index (χ3v) is 0.913. The molecule has 0 amide bonds. The first-order valence-corrected chi connectivity index (χ1v) is 3.16. The van der Waals surface area contributed by atoms with E-state index in [-0.39, 0.29) is 6.61 Å². The highest BCUT2D eigenvalue weighted by molar-refractivity contribution is 4.87. The van der Waals surface area contributed by atoms with Crippen LogP contribution in [-0.2, 0) is 4.74 Å². The summed E-state index contributed by atoms with van der Waals surface area (Å²) in [6.45, 7) is 7.10. The van der Waals surface area contributed by atoms with E-state index in [1.165, 1.54) is 6.92 Å². The smallest absolute Gasteiger partial charge is 0.180 e. The van der Waals surface area contributed by atoms with Gasteiger partial charge in [-0.2, -0.15) is 0 Å². The normalized spacial score (nSPS) is 16.4. The van der Waals surface area contributed by atoms with E-state index < -0.39 is 12.4 Å². The highest BCUT2D eigenvalue weighted by Gasteiger charge is 2.09. The fraction of sp³-hybridized carbons (Fsp3) is 0.714. The van der Waals surface area contributed by atoms with Gasteiger partial charge in [-0.25, -0.2) is 0 Å². The Kier molecular flexibility index (Phi) is 4.27. The van der Waals surface area contributed by atoms with Gasteiger partial charge in [-0.05, 0) is 13.8 Å². The molecule has 0 saturated heterocycles. The Labute approximate surface area is 60.9 Å². The van der Waals surface area contributed by atoms with Crippen molar-refractivity contribution < 1.29 is 14.9 Å². The summed E-state index contributed by atoms with van der Waals surface area (Å²) in [7, 11) is 0. The minimum absolute atomic E-state index is 0.284. The zero-order chi connectivity index (χ0) is 8.15. The predicted octanol–water partition coefficient (Wildman–Crippen LogP) is 0.278.